The molecule has 3 rings (SSSR count). The van der Waals surface area contributed by atoms with Gasteiger partial charge in [0.05, 0.1) is 16.4 Å². The number of para-hydroxylation sites is 1. The predicted molar refractivity (Wildman–Crippen MR) is 68.4 cm³/mol. The first-order chi connectivity index (χ1) is 8.29. The fourth-order valence-corrected chi connectivity index (χ4v) is 2.25. The summed E-state index contributed by atoms with van der Waals surface area (Å²) in [5.74, 6) is 0.624. The van der Waals surface area contributed by atoms with Crippen LogP contribution in [0.5, 0.6) is 0 Å². The number of halogens is 1. The van der Waals surface area contributed by atoms with E-state index in [9.17, 15) is 0 Å². The molecule has 17 heavy (non-hydrogen) atoms. The fraction of sp³-hybridized carbons (Fsp3) is 0.308. The van der Waals surface area contributed by atoms with Crippen LogP contribution < -0.4 is 5.73 Å². The van der Waals surface area contributed by atoms with Crippen molar-refractivity contribution in [2.45, 2.75) is 25.3 Å². The lowest BCUT2D eigenvalue weighted by Crippen LogP contribution is -2.03. The van der Waals surface area contributed by atoms with Gasteiger partial charge in [-0.2, -0.15) is 5.10 Å². The van der Waals surface area contributed by atoms with Gasteiger partial charge < -0.3 is 5.73 Å². The van der Waals surface area contributed by atoms with E-state index in [1.54, 1.807) is 0 Å². The number of benzene rings is 1. The first kappa shape index (κ1) is 10.8. The number of aromatic nitrogens is 2. The lowest BCUT2D eigenvalue weighted by Gasteiger charge is -2.08. The largest absolute Gasteiger partial charge is 0.325 e. The van der Waals surface area contributed by atoms with Crippen molar-refractivity contribution < 1.29 is 0 Å². The topological polar surface area (TPSA) is 43.8 Å². The highest BCUT2D eigenvalue weighted by molar-refractivity contribution is 6.32. The summed E-state index contributed by atoms with van der Waals surface area (Å²) < 4.78 is 1.95. The van der Waals surface area contributed by atoms with Gasteiger partial charge in [-0.3, -0.25) is 0 Å². The van der Waals surface area contributed by atoms with E-state index in [1.165, 1.54) is 18.5 Å². The molecule has 1 heterocycles. The summed E-state index contributed by atoms with van der Waals surface area (Å²) in [6, 6.07) is 9.87. The normalized spacial score (nSPS) is 15.2. The van der Waals surface area contributed by atoms with E-state index in [-0.39, 0.29) is 0 Å². The van der Waals surface area contributed by atoms with Crippen LogP contribution in [-0.4, -0.2) is 9.78 Å². The van der Waals surface area contributed by atoms with Crippen molar-refractivity contribution in [2.24, 2.45) is 5.73 Å². The minimum Gasteiger partial charge on any atom is -0.325 e. The second-order valence-electron chi connectivity index (χ2n) is 4.40. The Morgan fingerprint density at radius 3 is 2.76 bits per heavy atom. The molecule has 1 saturated carbocycles. The number of nitrogens with two attached hydrogens (primary N) is 1. The van der Waals surface area contributed by atoms with E-state index in [2.05, 4.69) is 11.2 Å². The van der Waals surface area contributed by atoms with Gasteiger partial charge in [0.15, 0.2) is 0 Å². The van der Waals surface area contributed by atoms with Crippen molar-refractivity contribution in [1.29, 1.82) is 0 Å². The minimum absolute atomic E-state index is 0.469. The van der Waals surface area contributed by atoms with E-state index >= 15 is 0 Å². The maximum atomic E-state index is 6.22. The van der Waals surface area contributed by atoms with Gasteiger partial charge in [0.1, 0.15) is 0 Å². The molecule has 88 valence electrons. The predicted octanol–water partition coefficient (Wildman–Crippen LogP) is 2.86. The highest BCUT2D eigenvalue weighted by Gasteiger charge is 2.28. The van der Waals surface area contributed by atoms with Crippen LogP contribution in [0.15, 0.2) is 30.3 Å². The second kappa shape index (κ2) is 4.17. The van der Waals surface area contributed by atoms with Crippen molar-refractivity contribution in [3.8, 4) is 5.69 Å². The Morgan fingerprint density at radius 2 is 2.12 bits per heavy atom. The second-order valence-corrected chi connectivity index (χ2v) is 4.81. The maximum absolute atomic E-state index is 6.22. The molecule has 0 amide bonds. The Hall–Kier alpha value is -1.32. The van der Waals surface area contributed by atoms with Crippen LogP contribution in [0.25, 0.3) is 5.69 Å². The molecule has 0 unspecified atom stereocenters. The number of nitrogens with zero attached hydrogens (tertiary/aromatic N) is 2. The Kier molecular flexibility index (Phi) is 2.65. The lowest BCUT2D eigenvalue weighted by atomic mass is 10.2. The molecule has 2 N–H and O–H groups in total. The summed E-state index contributed by atoms with van der Waals surface area (Å²) in [4.78, 5) is 0. The highest BCUT2D eigenvalue weighted by atomic mass is 35.5. The van der Waals surface area contributed by atoms with E-state index in [0.29, 0.717) is 12.5 Å². The number of hydrogen-bond donors (Lipinski definition) is 1. The molecule has 0 saturated heterocycles. The van der Waals surface area contributed by atoms with Gasteiger partial charge in [0.25, 0.3) is 0 Å². The van der Waals surface area contributed by atoms with Crippen molar-refractivity contribution in [2.75, 3.05) is 0 Å². The molecule has 1 fully saturated rings. The summed E-state index contributed by atoms with van der Waals surface area (Å²) in [7, 11) is 0. The third-order valence-electron chi connectivity index (χ3n) is 3.07. The van der Waals surface area contributed by atoms with Crippen LogP contribution in [0.4, 0.5) is 0 Å². The lowest BCUT2D eigenvalue weighted by molar-refractivity contribution is 0.786. The average molecular weight is 248 g/mol. The first-order valence-electron chi connectivity index (χ1n) is 5.83. The molecule has 1 aliphatic carbocycles. The fourth-order valence-electron chi connectivity index (χ4n) is 2.03. The van der Waals surface area contributed by atoms with E-state index in [1.807, 2.05) is 28.9 Å². The molecule has 0 radical (unpaired) electrons. The van der Waals surface area contributed by atoms with Gasteiger partial charge in [0.2, 0.25) is 0 Å². The molecule has 1 aliphatic rings. The van der Waals surface area contributed by atoms with Crippen LogP contribution in [0.2, 0.25) is 5.02 Å². The zero-order chi connectivity index (χ0) is 11.8. The molecule has 0 aliphatic heterocycles. The molecule has 2 aromatic rings. The van der Waals surface area contributed by atoms with Gasteiger partial charge in [-0.25, -0.2) is 4.68 Å². The minimum atomic E-state index is 0.469. The van der Waals surface area contributed by atoms with Crippen LogP contribution in [0.1, 0.15) is 30.1 Å². The quantitative estimate of drug-likeness (QED) is 0.907. The first-order valence-corrected chi connectivity index (χ1v) is 6.21. The van der Waals surface area contributed by atoms with Crippen LogP contribution >= 0.6 is 11.6 Å². The summed E-state index contributed by atoms with van der Waals surface area (Å²) in [5.41, 5.74) is 8.76. The SMILES string of the molecule is NCc1cc(C2CC2)n(-c2ccccc2Cl)n1. The summed E-state index contributed by atoms with van der Waals surface area (Å²) in [6.45, 7) is 0.469. The maximum Gasteiger partial charge on any atom is 0.0835 e. The smallest absolute Gasteiger partial charge is 0.0835 e. The van der Waals surface area contributed by atoms with Gasteiger partial charge in [-0.1, -0.05) is 23.7 Å². The molecule has 0 spiro atoms. The van der Waals surface area contributed by atoms with Crippen molar-refractivity contribution in [3.63, 3.8) is 0 Å². The van der Waals surface area contributed by atoms with Gasteiger partial charge in [0, 0.05) is 18.2 Å². The van der Waals surface area contributed by atoms with Gasteiger partial charge >= 0.3 is 0 Å². The molecule has 0 bridgehead atoms. The Balaban J connectivity index is 2.12. The van der Waals surface area contributed by atoms with E-state index in [0.717, 1.165) is 16.4 Å². The molecule has 1 aromatic carbocycles. The van der Waals surface area contributed by atoms with Crippen molar-refractivity contribution in [3.05, 3.63) is 46.7 Å². The van der Waals surface area contributed by atoms with Crippen molar-refractivity contribution >= 4 is 11.6 Å². The summed E-state index contributed by atoms with van der Waals surface area (Å²) in [5, 5.41) is 5.25. The Labute approximate surface area is 105 Å². The van der Waals surface area contributed by atoms with E-state index < -0.39 is 0 Å². The Morgan fingerprint density at radius 1 is 1.35 bits per heavy atom. The van der Waals surface area contributed by atoms with Crippen LogP contribution in [0, 0.1) is 0 Å². The molecule has 1 aromatic heterocycles. The standard InChI is InChI=1S/C13H14ClN3/c14-11-3-1-2-4-12(11)17-13(9-5-6-9)7-10(8-15)16-17/h1-4,7,9H,5-6,8,15H2. The average Bonchev–Trinajstić information content (AvgIpc) is 3.10. The van der Waals surface area contributed by atoms with Crippen LogP contribution in [0.3, 0.4) is 0 Å². The highest BCUT2D eigenvalue weighted by Crippen LogP contribution is 2.41. The molecular weight excluding hydrogens is 234 g/mol. The van der Waals surface area contributed by atoms with Gasteiger partial charge in [-0.05, 0) is 31.0 Å². The molecule has 3 nitrogen and oxygen atoms in total. The monoisotopic (exact) mass is 247 g/mol. The van der Waals surface area contributed by atoms with E-state index in [4.69, 9.17) is 17.3 Å². The third-order valence-corrected chi connectivity index (χ3v) is 3.39. The van der Waals surface area contributed by atoms with Crippen molar-refractivity contribution in [1.82, 2.24) is 9.78 Å². The van der Waals surface area contributed by atoms with Crippen LogP contribution in [-0.2, 0) is 6.54 Å². The zero-order valence-corrected chi connectivity index (χ0v) is 10.2. The number of hydrogen-bond acceptors (Lipinski definition) is 2. The third kappa shape index (κ3) is 1.96. The number of rotatable bonds is 3. The Bertz CT molecular complexity index is 543. The molecular formula is C13H14ClN3. The molecule has 0 atom stereocenters. The molecule has 4 heteroatoms. The summed E-state index contributed by atoms with van der Waals surface area (Å²) >= 11 is 6.22. The summed E-state index contributed by atoms with van der Waals surface area (Å²) in [6.07, 6.45) is 2.47. The van der Waals surface area contributed by atoms with Gasteiger partial charge in [-0.15, -0.1) is 0 Å². The zero-order valence-electron chi connectivity index (χ0n) is 9.44.